The first kappa shape index (κ1) is 19.4. The average molecular weight is 411 g/mol. The molecule has 0 unspecified atom stereocenters. The second-order valence-corrected chi connectivity index (χ2v) is 8.56. The molecule has 2 amide bonds. The van der Waals surface area contributed by atoms with Gasteiger partial charge in [-0.2, -0.15) is 4.31 Å². The fraction of sp³-hybridized carbons (Fsp3) is 0.294. The van der Waals surface area contributed by atoms with Crippen LogP contribution in [0.4, 0.5) is 0 Å². The van der Waals surface area contributed by atoms with Crippen LogP contribution in [0.1, 0.15) is 20.8 Å². The van der Waals surface area contributed by atoms with Gasteiger partial charge in [-0.15, -0.1) is 0 Å². The zero-order valence-corrected chi connectivity index (χ0v) is 16.2. The van der Waals surface area contributed by atoms with Gasteiger partial charge in [-0.1, -0.05) is 23.7 Å². The van der Waals surface area contributed by atoms with Gasteiger partial charge in [0, 0.05) is 39.4 Å². The van der Waals surface area contributed by atoms with Crippen LogP contribution in [0.25, 0.3) is 0 Å². The minimum absolute atomic E-state index is 0.00433. The third-order valence-corrected chi connectivity index (χ3v) is 6.69. The molecule has 0 atom stereocenters. The Morgan fingerprint density at radius 3 is 2.30 bits per heavy atom. The maximum atomic E-state index is 12.8. The smallest absolute Gasteiger partial charge is 0.265 e. The fourth-order valence-corrected chi connectivity index (χ4v) is 4.72. The number of rotatable bonds is 4. The Kier molecular flexibility index (Phi) is 5.27. The van der Waals surface area contributed by atoms with Gasteiger partial charge in [0.1, 0.15) is 10.6 Å². The maximum Gasteiger partial charge on any atom is 0.265 e. The van der Waals surface area contributed by atoms with Crippen LogP contribution in [0, 0.1) is 0 Å². The largest absolute Gasteiger partial charge is 0.364 e. The lowest BCUT2D eigenvalue weighted by Gasteiger charge is -2.34. The first-order valence-corrected chi connectivity index (χ1v) is 10.0. The fourth-order valence-electron chi connectivity index (χ4n) is 3.01. The Bertz CT molecular complexity index is 994. The van der Waals surface area contributed by atoms with E-state index < -0.39 is 15.9 Å². The molecule has 10 heteroatoms. The Morgan fingerprint density at radius 1 is 1.11 bits per heavy atom. The summed E-state index contributed by atoms with van der Waals surface area (Å²) in [6, 6.07) is 8.01. The molecule has 1 aromatic carbocycles. The van der Waals surface area contributed by atoms with Crippen LogP contribution >= 0.6 is 11.6 Å². The van der Waals surface area contributed by atoms with E-state index in [1.165, 1.54) is 21.1 Å². The highest BCUT2D eigenvalue weighted by molar-refractivity contribution is 7.89. The van der Waals surface area contributed by atoms with Crippen molar-refractivity contribution in [2.75, 3.05) is 26.2 Å². The summed E-state index contributed by atoms with van der Waals surface area (Å²) in [6.07, 6.45) is 1.36. The molecule has 0 aliphatic carbocycles. The Balaban J connectivity index is 1.73. The molecule has 0 saturated carbocycles. The molecule has 8 nitrogen and oxygen atoms in total. The second kappa shape index (κ2) is 7.34. The molecule has 2 aromatic rings. The molecule has 0 spiro atoms. The van der Waals surface area contributed by atoms with Gasteiger partial charge in [-0.05, 0) is 18.2 Å². The van der Waals surface area contributed by atoms with E-state index in [9.17, 15) is 18.0 Å². The number of hydrogen-bond donors (Lipinski definition) is 1. The summed E-state index contributed by atoms with van der Waals surface area (Å²) in [7, 11) is -2.22. The van der Waals surface area contributed by atoms with Crippen LogP contribution in [-0.4, -0.2) is 60.2 Å². The van der Waals surface area contributed by atoms with E-state index in [0.717, 1.165) is 0 Å². The lowest BCUT2D eigenvalue weighted by atomic mass is 10.2. The van der Waals surface area contributed by atoms with Gasteiger partial charge in [0.2, 0.25) is 10.0 Å². The maximum absolute atomic E-state index is 12.8. The van der Waals surface area contributed by atoms with Crippen LogP contribution in [0.3, 0.4) is 0 Å². The second-order valence-electron chi connectivity index (χ2n) is 6.21. The third kappa shape index (κ3) is 3.71. The van der Waals surface area contributed by atoms with Crippen LogP contribution in [-0.2, 0) is 17.1 Å². The topological polar surface area (TPSA) is 106 Å². The molecule has 0 radical (unpaired) electrons. The third-order valence-electron chi connectivity index (χ3n) is 4.50. The first-order chi connectivity index (χ1) is 12.7. The molecule has 27 heavy (non-hydrogen) atoms. The number of carbonyl (C=O) groups excluding carboxylic acids is 2. The number of benzene rings is 1. The molecular weight excluding hydrogens is 392 g/mol. The number of nitrogens with zero attached hydrogens (tertiary/aromatic N) is 3. The molecule has 144 valence electrons. The van der Waals surface area contributed by atoms with E-state index in [0.29, 0.717) is 10.6 Å². The number of hydrogen-bond acceptors (Lipinski definition) is 4. The molecule has 1 saturated heterocycles. The number of amides is 2. The highest BCUT2D eigenvalue weighted by atomic mass is 35.5. The van der Waals surface area contributed by atoms with E-state index in [-0.39, 0.29) is 42.7 Å². The number of halogens is 1. The molecule has 2 N–H and O–H groups in total. The number of nitrogens with two attached hydrogens (primary N) is 1. The van der Waals surface area contributed by atoms with Gasteiger partial charge in [0.05, 0.1) is 10.6 Å². The standard InChI is InChI=1S/C17H19ClN4O4S/c1-20-11-12(10-15(20)16(19)23)27(25,26)22-8-6-21(7-9-22)17(24)13-4-2-3-5-14(13)18/h2-5,10-11H,6-9H2,1H3,(H2,19,23). The first-order valence-electron chi connectivity index (χ1n) is 8.22. The van der Waals surface area contributed by atoms with Gasteiger partial charge in [-0.25, -0.2) is 8.42 Å². The van der Waals surface area contributed by atoms with E-state index in [1.54, 1.807) is 36.2 Å². The number of aryl methyl sites for hydroxylation is 1. The summed E-state index contributed by atoms with van der Waals surface area (Å²) in [6.45, 7) is 0.802. The zero-order valence-electron chi connectivity index (χ0n) is 14.6. The Morgan fingerprint density at radius 2 is 1.74 bits per heavy atom. The van der Waals surface area contributed by atoms with Crippen molar-refractivity contribution >= 4 is 33.4 Å². The summed E-state index contributed by atoms with van der Waals surface area (Å²) in [5.41, 5.74) is 5.75. The summed E-state index contributed by atoms with van der Waals surface area (Å²) in [5.74, 6) is -0.928. The van der Waals surface area contributed by atoms with Crippen molar-refractivity contribution in [3.05, 3.63) is 52.8 Å². The SMILES string of the molecule is Cn1cc(S(=O)(=O)N2CCN(C(=O)c3ccccc3Cl)CC2)cc1C(N)=O. The molecular formula is C17H19ClN4O4S. The van der Waals surface area contributed by atoms with Crippen LogP contribution < -0.4 is 5.73 Å². The normalized spacial score (nSPS) is 15.7. The molecule has 1 aliphatic heterocycles. The van der Waals surface area contributed by atoms with Gasteiger partial charge in [-0.3, -0.25) is 9.59 Å². The summed E-state index contributed by atoms with van der Waals surface area (Å²) >= 11 is 6.07. The van der Waals surface area contributed by atoms with E-state index in [4.69, 9.17) is 17.3 Å². The zero-order chi connectivity index (χ0) is 19.8. The highest BCUT2D eigenvalue weighted by Gasteiger charge is 2.32. The summed E-state index contributed by atoms with van der Waals surface area (Å²) in [5, 5.41) is 0.362. The number of carbonyl (C=O) groups is 2. The average Bonchev–Trinajstić information content (AvgIpc) is 3.04. The number of aromatic nitrogens is 1. The highest BCUT2D eigenvalue weighted by Crippen LogP contribution is 2.22. The van der Waals surface area contributed by atoms with E-state index >= 15 is 0 Å². The monoisotopic (exact) mass is 410 g/mol. The molecule has 3 rings (SSSR count). The lowest BCUT2D eigenvalue weighted by Crippen LogP contribution is -2.50. The quantitative estimate of drug-likeness (QED) is 0.808. The predicted molar refractivity (Wildman–Crippen MR) is 100 cm³/mol. The molecule has 1 aliphatic rings. The van der Waals surface area contributed by atoms with Crippen LogP contribution in [0.2, 0.25) is 5.02 Å². The van der Waals surface area contributed by atoms with Crippen molar-refractivity contribution in [3.8, 4) is 0 Å². The van der Waals surface area contributed by atoms with E-state index in [1.807, 2.05) is 0 Å². The number of sulfonamides is 1. The van der Waals surface area contributed by atoms with Gasteiger partial charge >= 0.3 is 0 Å². The summed E-state index contributed by atoms with van der Waals surface area (Å²) < 4.78 is 28.3. The minimum Gasteiger partial charge on any atom is -0.364 e. The van der Waals surface area contributed by atoms with Crippen molar-refractivity contribution in [1.29, 1.82) is 0 Å². The van der Waals surface area contributed by atoms with E-state index in [2.05, 4.69) is 0 Å². The predicted octanol–water partition coefficient (Wildman–Crippen LogP) is 0.924. The van der Waals surface area contributed by atoms with Crippen molar-refractivity contribution in [1.82, 2.24) is 13.8 Å². The van der Waals surface area contributed by atoms with Crippen molar-refractivity contribution in [2.45, 2.75) is 4.90 Å². The lowest BCUT2D eigenvalue weighted by molar-refractivity contribution is 0.0698. The van der Waals surface area contributed by atoms with Gasteiger partial charge in [0.25, 0.3) is 11.8 Å². The van der Waals surface area contributed by atoms with Crippen LogP contribution in [0.5, 0.6) is 0 Å². The van der Waals surface area contributed by atoms with Crippen LogP contribution in [0.15, 0.2) is 41.4 Å². The molecule has 1 aromatic heterocycles. The molecule has 1 fully saturated rings. The van der Waals surface area contributed by atoms with Gasteiger partial charge < -0.3 is 15.2 Å². The molecule has 0 bridgehead atoms. The Labute approximate surface area is 162 Å². The minimum atomic E-state index is -3.78. The van der Waals surface area contributed by atoms with Crippen molar-refractivity contribution < 1.29 is 18.0 Å². The van der Waals surface area contributed by atoms with Crippen molar-refractivity contribution in [2.24, 2.45) is 12.8 Å². The number of primary amides is 1. The Hall–Kier alpha value is -2.36. The number of piperazine rings is 1. The summed E-state index contributed by atoms with van der Waals surface area (Å²) in [4.78, 5) is 25.5. The molecule has 2 heterocycles. The van der Waals surface area contributed by atoms with Gasteiger partial charge in [0.15, 0.2) is 0 Å². The van der Waals surface area contributed by atoms with Crippen molar-refractivity contribution in [3.63, 3.8) is 0 Å².